The summed E-state index contributed by atoms with van der Waals surface area (Å²) in [4.78, 5) is 46.2. The van der Waals surface area contributed by atoms with Crippen LogP contribution in [0.4, 0.5) is 0 Å². The first kappa shape index (κ1) is 19.5. The Morgan fingerprint density at radius 2 is 1.15 bits per heavy atom. The first-order valence-electron chi connectivity index (χ1n) is 7.87. The second-order valence-electron chi connectivity index (χ2n) is 5.43. The van der Waals surface area contributed by atoms with E-state index in [0.29, 0.717) is 11.1 Å². The quantitative estimate of drug-likeness (QED) is 0.351. The third-order valence-corrected chi connectivity index (χ3v) is 3.58. The Hall–Kier alpha value is -3.80. The monoisotopic (exact) mass is 364 g/mol. The van der Waals surface area contributed by atoms with Crippen molar-refractivity contribution in [3.05, 3.63) is 82.9 Å². The van der Waals surface area contributed by atoms with E-state index in [1.54, 1.807) is 24.3 Å². The molecule has 0 radical (unpaired) electrons. The van der Waals surface area contributed by atoms with E-state index in [4.69, 9.17) is 5.11 Å². The predicted molar refractivity (Wildman–Crippen MR) is 99.3 cm³/mol. The van der Waals surface area contributed by atoms with Gasteiger partial charge in [-0.15, -0.1) is 0 Å². The Kier molecular flexibility index (Phi) is 6.55. The molecule has 2 aromatic carbocycles. The third kappa shape index (κ3) is 5.61. The summed E-state index contributed by atoms with van der Waals surface area (Å²) in [6.45, 7) is 0. The van der Waals surface area contributed by atoms with Crippen molar-refractivity contribution in [3.63, 3.8) is 0 Å². The van der Waals surface area contributed by atoms with Crippen molar-refractivity contribution in [2.24, 2.45) is 0 Å². The number of rotatable bonds is 7. The van der Waals surface area contributed by atoms with Crippen LogP contribution in [-0.4, -0.2) is 35.7 Å². The zero-order chi connectivity index (χ0) is 19.8. The van der Waals surface area contributed by atoms with Crippen LogP contribution in [0.25, 0.3) is 12.2 Å². The molecule has 0 saturated carbocycles. The molecular weight excluding hydrogens is 348 g/mol. The predicted octanol–water partition coefficient (Wildman–Crippen LogP) is 3.04. The van der Waals surface area contributed by atoms with E-state index in [-0.39, 0.29) is 11.1 Å². The molecule has 2 rings (SSSR count). The number of ether oxygens (including phenoxy) is 1. The van der Waals surface area contributed by atoms with Gasteiger partial charge in [0.05, 0.1) is 7.11 Å². The van der Waals surface area contributed by atoms with E-state index in [1.165, 1.54) is 49.6 Å². The maximum atomic E-state index is 12.3. The molecule has 0 amide bonds. The molecule has 0 heterocycles. The molecule has 0 aliphatic heterocycles. The molecule has 0 saturated heterocycles. The van der Waals surface area contributed by atoms with Crippen LogP contribution in [0.1, 0.15) is 31.8 Å². The molecule has 136 valence electrons. The van der Waals surface area contributed by atoms with Crippen molar-refractivity contribution in [2.45, 2.75) is 0 Å². The Morgan fingerprint density at radius 3 is 1.52 bits per heavy atom. The van der Waals surface area contributed by atoms with Crippen LogP contribution < -0.4 is 0 Å². The molecule has 6 heteroatoms. The van der Waals surface area contributed by atoms with Crippen molar-refractivity contribution in [3.8, 4) is 0 Å². The van der Waals surface area contributed by atoms with Gasteiger partial charge in [-0.05, 0) is 23.3 Å². The molecule has 0 spiro atoms. The molecule has 0 fully saturated rings. The van der Waals surface area contributed by atoms with Gasteiger partial charge in [-0.1, -0.05) is 48.5 Å². The number of ketones is 2. The van der Waals surface area contributed by atoms with Gasteiger partial charge in [-0.25, -0.2) is 9.59 Å². The molecule has 6 nitrogen and oxygen atoms in total. The summed E-state index contributed by atoms with van der Waals surface area (Å²) in [5.74, 6) is -2.89. The maximum Gasteiger partial charge on any atom is 0.330 e. The van der Waals surface area contributed by atoms with Gasteiger partial charge in [0.1, 0.15) is 0 Å². The zero-order valence-corrected chi connectivity index (χ0v) is 14.4. The number of benzene rings is 2. The Labute approximate surface area is 155 Å². The first-order valence-corrected chi connectivity index (χ1v) is 7.87. The Bertz CT molecular complexity index is 918. The van der Waals surface area contributed by atoms with Crippen LogP contribution in [0, 0.1) is 0 Å². The second kappa shape index (κ2) is 9.05. The average molecular weight is 364 g/mol. The molecule has 0 aliphatic rings. The largest absolute Gasteiger partial charge is 0.478 e. The van der Waals surface area contributed by atoms with Crippen LogP contribution in [0.5, 0.6) is 0 Å². The molecule has 0 aromatic heterocycles. The van der Waals surface area contributed by atoms with Gasteiger partial charge in [0.2, 0.25) is 11.6 Å². The number of carbonyl (C=O) groups excluding carboxylic acids is 3. The number of Topliss-reactive ketones (excluding diaryl/α,β-unsaturated/α-hetero) is 2. The second-order valence-corrected chi connectivity index (χ2v) is 5.43. The standard InChI is InChI=1S/C21H16O6/c1-27-19(24)13-7-15-4-10-17(11-5-15)21(26)20(25)16-8-2-14(3-9-16)6-12-18(22)23/h2-13H,1H3,(H,22,23). The number of carbonyl (C=O) groups is 4. The number of hydrogen-bond donors (Lipinski definition) is 1. The van der Waals surface area contributed by atoms with Crippen LogP contribution in [0.2, 0.25) is 0 Å². The molecular formula is C21H16O6. The molecule has 1 N–H and O–H groups in total. The van der Waals surface area contributed by atoms with Crippen molar-refractivity contribution in [1.29, 1.82) is 0 Å². The average Bonchev–Trinajstić information content (AvgIpc) is 2.70. The fraction of sp³-hybridized carbons (Fsp3) is 0.0476. The van der Waals surface area contributed by atoms with Crippen LogP contribution in [0.3, 0.4) is 0 Å². The van der Waals surface area contributed by atoms with Crippen LogP contribution in [-0.2, 0) is 14.3 Å². The molecule has 0 bridgehead atoms. The topological polar surface area (TPSA) is 97.7 Å². The lowest BCUT2D eigenvalue weighted by Crippen LogP contribution is -2.14. The number of aliphatic carboxylic acids is 1. The molecule has 0 aliphatic carbocycles. The number of carboxylic acid groups (broad SMARTS) is 1. The van der Waals surface area contributed by atoms with Crippen LogP contribution in [0.15, 0.2) is 60.7 Å². The number of methoxy groups -OCH3 is 1. The lowest BCUT2D eigenvalue weighted by molar-refractivity contribution is -0.135. The van der Waals surface area contributed by atoms with E-state index in [2.05, 4.69) is 4.74 Å². The van der Waals surface area contributed by atoms with Crippen molar-refractivity contribution in [1.82, 2.24) is 0 Å². The van der Waals surface area contributed by atoms with Crippen LogP contribution >= 0.6 is 0 Å². The SMILES string of the molecule is COC(=O)C=Cc1ccc(C(=O)C(=O)c2ccc(C=CC(=O)O)cc2)cc1. The zero-order valence-electron chi connectivity index (χ0n) is 14.4. The number of hydrogen-bond acceptors (Lipinski definition) is 5. The van der Waals surface area contributed by atoms with E-state index < -0.39 is 23.5 Å². The fourth-order valence-electron chi connectivity index (χ4n) is 2.15. The minimum absolute atomic E-state index is 0.210. The van der Waals surface area contributed by atoms with Gasteiger partial charge in [-0.2, -0.15) is 0 Å². The normalized spacial score (nSPS) is 10.9. The molecule has 2 aromatic rings. The minimum atomic E-state index is -1.07. The summed E-state index contributed by atoms with van der Waals surface area (Å²) in [5.41, 5.74) is 1.72. The van der Waals surface area contributed by atoms with Gasteiger partial charge < -0.3 is 9.84 Å². The lowest BCUT2D eigenvalue weighted by Gasteiger charge is -2.02. The van der Waals surface area contributed by atoms with E-state index >= 15 is 0 Å². The summed E-state index contributed by atoms with van der Waals surface area (Å²) in [7, 11) is 1.27. The highest BCUT2D eigenvalue weighted by atomic mass is 16.5. The van der Waals surface area contributed by atoms with E-state index in [9.17, 15) is 19.2 Å². The van der Waals surface area contributed by atoms with Gasteiger partial charge >= 0.3 is 11.9 Å². The Morgan fingerprint density at radius 1 is 0.741 bits per heavy atom. The van der Waals surface area contributed by atoms with Gasteiger partial charge in [0.15, 0.2) is 0 Å². The Balaban J connectivity index is 2.10. The highest BCUT2D eigenvalue weighted by Gasteiger charge is 2.17. The summed E-state index contributed by atoms with van der Waals surface area (Å²) in [5, 5.41) is 8.60. The first-order chi connectivity index (χ1) is 12.9. The summed E-state index contributed by atoms with van der Waals surface area (Å²) >= 11 is 0. The summed E-state index contributed by atoms with van der Waals surface area (Å²) in [6.07, 6.45) is 5.16. The molecule has 0 atom stereocenters. The smallest absolute Gasteiger partial charge is 0.330 e. The highest BCUT2D eigenvalue weighted by molar-refractivity contribution is 6.49. The van der Waals surface area contributed by atoms with E-state index in [0.717, 1.165) is 6.08 Å². The minimum Gasteiger partial charge on any atom is -0.478 e. The number of carboxylic acids is 1. The van der Waals surface area contributed by atoms with Gasteiger partial charge in [0.25, 0.3) is 0 Å². The van der Waals surface area contributed by atoms with E-state index in [1.807, 2.05) is 0 Å². The molecule has 27 heavy (non-hydrogen) atoms. The maximum absolute atomic E-state index is 12.3. The van der Waals surface area contributed by atoms with Crippen molar-refractivity contribution in [2.75, 3.05) is 7.11 Å². The number of esters is 1. The van der Waals surface area contributed by atoms with Crippen molar-refractivity contribution < 1.29 is 29.0 Å². The lowest BCUT2D eigenvalue weighted by atomic mass is 9.99. The van der Waals surface area contributed by atoms with Gasteiger partial charge in [0, 0.05) is 23.3 Å². The summed E-state index contributed by atoms with van der Waals surface area (Å²) < 4.78 is 4.49. The molecule has 0 unspecified atom stereocenters. The fourth-order valence-corrected chi connectivity index (χ4v) is 2.15. The third-order valence-electron chi connectivity index (χ3n) is 3.58. The van der Waals surface area contributed by atoms with Gasteiger partial charge in [-0.3, -0.25) is 9.59 Å². The van der Waals surface area contributed by atoms with Crippen molar-refractivity contribution >= 4 is 35.7 Å². The summed E-state index contributed by atoms with van der Waals surface area (Å²) in [6, 6.07) is 12.3. The highest BCUT2D eigenvalue weighted by Crippen LogP contribution is 2.12.